The summed E-state index contributed by atoms with van der Waals surface area (Å²) in [5.74, 6) is 0. The molecular weight excluding hydrogens is 258 g/mol. The average Bonchev–Trinajstić information content (AvgIpc) is 2.69. The van der Waals surface area contributed by atoms with E-state index in [0.717, 1.165) is 39.4 Å². The van der Waals surface area contributed by atoms with Crippen LogP contribution >= 0.6 is 11.3 Å². The van der Waals surface area contributed by atoms with Gasteiger partial charge in [-0.15, -0.1) is 11.3 Å². The number of nitrogen functional groups attached to an aromatic ring is 1. The summed E-state index contributed by atoms with van der Waals surface area (Å²) >= 11 is 1.67. The summed E-state index contributed by atoms with van der Waals surface area (Å²) in [6, 6.07) is 4.32. The Hall–Kier alpha value is -1.33. The maximum absolute atomic E-state index is 6.11. The number of nitrogens with two attached hydrogens (primary N) is 1. The van der Waals surface area contributed by atoms with Crippen LogP contribution in [0.1, 0.15) is 24.8 Å². The predicted octanol–water partition coefficient (Wildman–Crippen LogP) is 3.41. The normalized spacial score (nSPS) is 12.8. The van der Waals surface area contributed by atoms with Gasteiger partial charge in [0.15, 0.2) is 0 Å². The minimum atomic E-state index is 0.287. The molecule has 1 aromatic heterocycles. The van der Waals surface area contributed by atoms with Gasteiger partial charge in [0.25, 0.3) is 0 Å². The number of methoxy groups -OCH3 is 1. The molecule has 104 valence electrons. The maximum atomic E-state index is 6.11. The van der Waals surface area contributed by atoms with Crippen molar-refractivity contribution in [3.8, 4) is 0 Å². The molecule has 0 aliphatic heterocycles. The first-order valence-electron chi connectivity index (χ1n) is 6.56. The summed E-state index contributed by atoms with van der Waals surface area (Å²) in [5.41, 5.74) is 8.84. The molecule has 2 rings (SSSR count). The lowest BCUT2D eigenvalue weighted by atomic mass is 10.1. The Morgan fingerprint density at radius 2 is 2.26 bits per heavy atom. The van der Waals surface area contributed by atoms with Gasteiger partial charge in [0.1, 0.15) is 0 Å². The third-order valence-electron chi connectivity index (χ3n) is 3.03. The third kappa shape index (κ3) is 3.36. The van der Waals surface area contributed by atoms with E-state index in [1.165, 1.54) is 0 Å². The van der Waals surface area contributed by atoms with Gasteiger partial charge in [0, 0.05) is 13.2 Å². The van der Waals surface area contributed by atoms with Crippen LogP contribution in [0.2, 0.25) is 0 Å². The number of rotatable bonds is 6. The molecule has 0 aliphatic rings. The van der Waals surface area contributed by atoms with E-state index in [0.29, 0.717) is 6.61 Å². The molecule has 1 atom stereocenters. The number of ether oxygens (including phenoxy) is 1. The number of aromatic nitrogens is 1. The molecule has 0 saturated heterocycles. The lowest BCUT2D eigenvalue weighted by Crippen LogP contribution is -2.25. The highest BCUT2D eigenvalue weighted by atomic mass is 32.1. The Balaban J connectivity index is 2.25. The molecule has 4 nitrogen and oxygen atoms in total. The first-order valence-corrected chi connectivity index (χ1v) is 7.37. The predicted molar refractivity (Wildman–Crippen MR) is 83.0 cm³/mol. The fourth-order valence-electron chi connectivity index (χ4n) is 2.20. The van der Waals surface area contributed by atoms with E-state index in [2.05, 4.69) is 17.2 Å². The van der Waals surface area contributed by atoms with Crippen molar-refractivity contribution in [2.45, 2.75) is 32.7 Å². The number of nitrogens with one attached hydrogen (secondary N) is 1. The molecule has 19 heavy (non-hydrogen) atoms. The number of thiazole rings is 1. The Kier molecular flexibility index (Phi) is 4.61. The Morgan fingerprint density at radius 3 is 2.95 bits per heavy atom. The monoisotopic (exact) mass is 279 g/mol. The first kappa shape index (κ1) is 14.1. The van der Waals surface area contributed by atoms with E-state index in [-0.39, 0.29) is 6.04 Å². The summed E-state index contributed by atoms with van der Waals surface area (Å²) in [4.78, 5) is 4.51. The van der Waals surface area contributed by atoms with E-state index in [1.54, 1.807) is 18.4 Å². The SMILES string of the molecule is CCCC(COC)Nc1cc2nc(C)sc2cc1N. The summed E-state index contributed by atoms with van der Waals surface area (Å²) in [7, 11) is 1.72. The van der Waals surface area contributed by atoms with E-state index in [1.807, 2.05) is 19.1 Å². The van der Waals surface area contributed by atoms with Crippen LogP contribution in [0.4, 0.5) is 11.4 Å². The molecular formula is C14H21N3OS. The summed E-state index contributed by atoms with van der Waals surface area (Å²) < 4.78 is 6.38. The molecule has 0 spiro atoms. The number of benzene rings is 1. The average molecular weight is 279 g/mol. The van der Waals surface area contributed by atoms with Gasteiger partial charge in [-0.3, -0.25) is 0 Å². The Labute approximate surface area is 118 Å². The van der Waals surface area contributed by atoms with Gasteiger partial charge in [-0.05, 0) is 25.5 Å². The second kappa shape index (κ2) is 6.21. The molecule has 0 amide bonds. The van der Waals surface area contributed by atoms with Crippen molar-refractivity contribution in [3.63, 3.8) is 0 Å². The molecule has 0 aliphatic carbocycles. The van der Waals surface area contributed by atoms with Crippen molar-refractivity contribution in [3.05, 3.63) is 17.1 Å². The molecule has 1 unspecified atom stereocenters. The summed E-state index contributed by atoms with van der Waals surface area (Å²) in [6.45, 7) is 4.86. The van der Waals surface area contributed by atoms with Crippen LogP contribution in [0.5, 0.6) is 0 Å². The molecule has 5 heteroatoms. The number of fused-ring (bicyclic) bond motifs is 1. The van der Waals surface area contributed by atoms with E-state index in [9.17, 15) is 0 Å². The molecule has 0 radical (unpaired) electrons. The number of hydrogen-bond donors (Lipinski definition) is 2. The van der Waals surface area contributed by atoms with Gasteiger partial charge >= 0.3 is 0 Å². The zero-order chi connectivity index (χ0) is 13.8. The molecule has 0 bridgehead atoms. The van der Waals surface area contributed by atoms with Crippen LogP contribution < -0.4 is 11.1 Å². The van der Waals surface area contributed by atoms with Crippen molar-refractivity contribution in [2.75, 3.05) is 24.8 Å². The molecule has 3 N–H and O–H groups in total. The van der Waals surface area contributed by atoms with Crippen LogP contribution in [0, 0.1) is 6.92 Å². The minimum absolute atomic E-state index is 0.287. The number of anilines is 2. The lowest BCUT2D eigenvalue weighted by Gasteiger charge is -2.19. The van der Waals surface area contributed by atoms with Crippen LogP contribution in [-0.2, 0) is 4.74 Å². The fourth-order valence-corrected chi connectivity index (χ4v) is 3.05. The first-order chi connectivity index (χ1) is 9.13. The largest absolute Gasteiger partial charge is 0.397 e. The highest BCUT2D eigenvalue weighted by Crippen LogP contribution is 2.30. The van der Waals surface area contributed by atoms with Crippen molar-refractivity contribution >= 4 is 32.9 Å². The lowest BCUT2D eigenvalue weighted by molar-refractivity contribution is 0.182. The molecule has 2 aromatic rings. The molecule has 0 saturated carbocycles. The molecule has 1 aromatic carbocycles. The van der Waals surface area contributed by atoms with Crippen LogP contribution in [0.25, 0.3) is 10.2 Å². The van der Waals surface area contributed by atoms with Gasteiger partial charge in [0.05, 0.1) is 33.2 Å². The second-order valence-electron chi connectivity index (χ2n) is 4.73. The van der Waals surface area contributed by atoms with Crippen molar-refractivity contribution in [1.82, 2.24) is 4.98 Å². The standard InChI is InChI=1S/C14H21N3OS/c1-4-5-10(8-18-3)17-12-7-13-14(6-11(12)15)19-9(2)16-13/h6-7,10,17H,4-5,8,15H2,1-3H3. The second-order valence-corrected chi connectivity index (χ2v) is 5.96. The van der Waals surface area contributed by atoms with E-state index in [4.69, 9.17) is 10.5 Å². The van der Waals surface area contributed by atoms with Crippen molar-refractivity contribution in [2.24, 2.45) is 0 Å². The zero-order valence-corrected chi connectivity index (χ0v) is 12.5. The Morgan fingerprint density at radius 1 is 1.47 bits per heavy atom. The van der Waals surface area contributed by atoms with E-state index >= 15 is 0 Å². The highest BCUT2D eigenvalue weighted by molar-refractivity contribution is 7.18. The molecule has 0 fully saturated rings. The number of hydrogen-bond acceptors (Lipinski definition) is 5. The quantitative estimate of drug-likeness (QED) is 0.795. The van der Waals surface area contributed by atoms with Gasteiger partial charge in [-0.2, -0.15) is 0 Å². The van der Waals surface area contributed by atoms with Crippen molar-refractivity contribution < 1.29 is 4.74 Å². The summed E-state index contributed by atoms with van der Waals surface area (Å²) in [6.07, 6.45) is 2.17. The fraction of sp³-hybridized carbons (Fsp3) is 0.500. The maximum Gasteiger partial charge on any atom is 0.0907 e. The third-order valence-corrected chi connectivity index (χ3v) is 3.96. The van der Waals surface area contributed by atoms with Gasteiger partial charge in [0.2, 0.25) is 0 Å². The van der Waals surface area contributed by atoms with Crippen molar-refractivity contribution in [1.29, 1.82) is 0 Å². The van der Waals surface area contributed by atoms with Crippen LogP contribution in [0.3, 0.4) is 0 Å². The zero-order valence-electron chi connectivity index (χ0n) is 11.7. The van der Waals surface area contributed by atoms with Crippen LogP contribution in [0.15, 0.2) is 12.1 Å². The van der Waals surface area contributed by atoms with Gasteiger partial charge in [-0.1, -0.05) is 13.3 Å². The van der Waals surface area contributed by atoms with E-state index < -0.39 is 0 Å². The summed E-state index contributed by atoms with van der Waals surface area (Å²) in [5, 5.41) is 4.53. The Bertz CT molecular complexity index is 547. The van der Waals surface area contributed by atoms with Crippen LogP contribution in [-0.4, -0.2) is 24.7 Å². The van der Waals surface area contributed by atoms with Gasteiger partial charge in [-0.25, -0.2) is 4.98 Å². The van der Waals surface area contributed by atoms with Gasteiger partial charge < -0.3 is 15.8 Å². The highest BCUT2D eigenvalue weighted by Gasteiger charge is 2.11. The number of nitrogens with zero attached hydrogens (tertiary/aromatic N) is 1. The number of aryl methyl sites for hydroxylation is 1. The molecule has 1 heterocycles. The minimum Gasteiger partial charge on any atom is -0.397 e. The smallest absolute Gasteiger partial charge is 0.0907 e. The topological polar surface area (TPSA) is 60.2 Å².